The van der Waals surface area contributed by atoms with Crippen LogP contribution >= 0.6 is 23.2 Å². The van der Waals surface area contributed by atoms with Crippen LogP contribution in [0.1, 0.15) is 24.5 Å². The molecule has 1 fully saturated rings. The highest BCUT2D eigenvalue weighted by atomic mass is 35.5. The summed E-state index contributed by atoms with van der Waals surface area (Å²) in [7, 11) is 1.76. The molecular weight excluding hydrogens is 383 g/mol. The molecular formula is C21H22Cl2N2O2. The summed E-state index contributed by atoms with van der Waals surface area (Å²) in [4.78, 5) is 29.1. The molecule has 27 heavy (non-hydrogen) atoms. The average molecular weight is 405 g/mol. The van der Waals surface area contributed by atoms with Gasteiger partial charge in [-0.15, -0.1) is 0 Å². The first-order chi connectivity index (χ1) is 12.8. The number of benzene rings is 2. The topological polar surface area (TPSA) is 40.6 Å². The molecule has 1 unspecified atom stereocenters. The molecule has 2 aromatic rings. The summed E-state index contributed by atoms with van der Waals surface area (Å²) in [6, 6.07) is 14.7. The van der Waals surface area contributed by atoms with E-state index in [1.54, 1.807) is 41.1 Å². The SMILES string of the molecule is CN(Cc1ccc(Cl)cc1)C(=O)C1(C)CCN1C(=O)Cc1cccc(Cl)c1. The van der Waals surface area contributed by atoms with E-state index >= 15 is 0 Å². The molecule has 6 heteroatoms. The minimum absolute atomic E-state index is 0.0526. The van der Waals surface area contributed by atoms with E-state index in [2.05, 4.69) is 0 Å². The van der Waals surface area contributed by atoms with Gasteiger partial charge in [-0.2, -0.15) is 0 Å². The minimum Gasteiger partial charge on any atom is -0.339 e. The number of carbonyl (C=O) groups excluding carboxylic acids is 2. The van der Waals surface area contributed by atoms with Crippen molar-refractivity contribution in [1.29, 1.82) is 0 Å². The predicted octanol–water partition coefficient (Wildman–Crippen LogP) is 4.19. The number of hydrogen-bond acceptors (Lipinski definition) is 2. The zero-order valence-electron chi connectivity index (χ0n) is 15.4. The number of amides is 2. The fourth-order valence-electron chi connectivity index (χ4n) is 3.44. The maximum atomic E-state index is 13.0. The highest BCUT2D eigenvalue weighted by molar-refractivity contribution is 6.30. The van der Waals surface area contributed by atoms with Crippen molar-refractivity contribution < 1.29 is 9.59 Å². The van der Waals surface area contributed by atoms with Gasteiger partial charge in [0.1, 0.15) is 5.54 Å². The number of likely N-dealkylation sites (tertiary alicyclic amines) is 1. The van der Waals surface area contributed by atoms with Gasteiger partial charge < -0.3 is 9.80 Å². The van der Waals surface area contributed by atoms with E-state index in [4.69, 9.17) is 23.2 Å². The maximum absolute atomic E-state index is 13.0. The summed E-state index contributed by atoms with van der Waals surface area (Å²) in [5, 5.41) is 1.27. The normalized spacial score (nSPS) is 18.7. The maximum Gasteiger partial charge on any atom is 0.248 e. The number of halogens is 2. The van der Waals surface area contributed by atoms with Crippen molar-refractivity contribution in [3.05, 3.63) is 69.7 Å². The third kappa shape index (κ3) is 4.28. The Bertz CT molecular complexity index is 854. The first-order valence-corrected chi connectivity index (χ1v) is 9.60. The van der Waals surface area contributed by atoms with Crippen LogP contribution in [-0.4, -0.2) is 40.7 Å². The van der Waals surface area contributed by atoms with Crippen molar-refractivity contribution in [1.82, 2.24) is 9.80 Å². The molecule has 0 aromatic heterocycles. The molecule has 1 aliphatic rings. The van der Waals surface area contributed by atoms with Gasteiger partial charge >= 0.3 is 0 Å². The minimum atomic E-state index is -0.795. The van der Waals surface area contributed by atoms with Gasteiger partial charge in [-0.3, -0.25) is 9.59 Å². The second-order valence-electron chi connectivity index (χ2n) is 7.16. The Morgan fingerprint density at radius 2 is 1.78 bits per heavy atom. The van der Waals surface area contributed by atoms with Gasteiger partial charge in [0.15, 0.2) is 0 Å². The lowest BCUT2D eigenvalue weighted by atomic mass is 9.84. The summed E-state index contributed by atoms with van der Waals surface area (Å²) < 4.78 is 0. The van der Waals surface area contributed by atoms with Gasteiger partial charge in [0.25, 0.3) is 0 Å². The van der Waals surface area contributed by atoms with Crippen molar-refractivity contribution in [2.75, 3.05) is 13.6 Å². The lowest BCUT2D eigenvalue weighted by molar-refractivity contribution is -0.163. The number of hydrogen-bond donors (Lipinski definition) is 0. The predicted molar refractivity (Wildman–Crippen MR) is 108 cm³/mol. The van der Waals surface area contributed by atoms with E-state index < -0.39 is 5.54 Å². The number of likely N-dealkylation sites (N-methyl/N-ethyl adjacent to an activating group) is 1. The molecule has 1 aliphatic heterocycles. The molecule has 142 valence electrons. The molecule has 1 saturated heterocycles. The van der Waals surface area contributed by atoms with Crippen LogP contribution in [0.3, 0.4) is 0 Å². The van der Waals surface area contributed by atoms with Gasteiger partial charge in [-0.05, 0) is 48.7 Å². The summed E-state index contributed by atoms with van der Waals surface area (Å²) >= 11 is 11.9. The van der Waals surface area contributed by atoms with E-state index in [9.17, 15) is 9.59 Å². The Morgan fingerprint density at radius 1 is 1.07 bits per heavy atom. The van der Waals surface area contributed by atoms with Crippen LogP contribution in [0.15, 0.2) is 48.5 Å². The Labute approximate surface area is 169 Å². The fourth-order valence-corrected chi connectivity index (χ4v) is 3.78. The quantitative estimate of drug-likeness (QED) is 0.749. The molecule has 3 rings (SSSR count). The molecule has 2 aromatic carbocycles. The van der Waals surface area contributed by atoms with Crippen molar-refractivity contribution in [3.63, 3.8) is 0 Å². The van der Waals surface area contributed by atoms with Crippen molar-refractivity contribution >= 4 is 35.0 Å². The summed E-state index contributed by atoms with van der Waals surface area (Å²) in [6.07, 6.45) is 0.905. The monoisotopic (exact) mass is 404 g/mol. The largest absolute Gasteiger partial charge is 0.339 e. The summed E-state index contributed by atoms with van der Waals surface area (Å²) in [5.74, 6) is -0.109. The van der Waals surface area contributed by atoms with Crippen LogP contribution in [-0.2, 0) is 22.6 Å². The smallest absolute Gasteiger partial charge is 0.248 e. The first kappa shape index (κ1) is 19.7. The molecule has 0 aliphatic carbocycles. The third-order valence-corrected chi connectivity index (χ3v) is 5.59. The molecule has 1 atom stereocenters. The van der Waals surface area contributed by atoms with E-state index in [-0.39, 0.29) is 18.2 Å². The summed E-state index contributed by atoms with van der Waals surface area (Å²) in [6.45, 7) is 2.91. The first-order valence-electron chi connectivity index (χ1n) is 8.84. The standard InChI is InChI=1S/C21H22Cl2N2O2/c1-21(20(27)24(2)14-15-6-8-17(22)9-7-15)10-11-25(21)19(26)13-16-4-3-5-18(23)12-16/h3-9,12H,10-11,13-14H2,1-2H3. The lowest BCUT2D eigenvalue weighted by Crippen LogP contribution is -2.67. The van der Waals surface area contributed by atoms with Crippen LogP contribution in [0.2, 0.25) is 10.0 Å². The molecule has 0 radical (unpaired) electrons. The number of rotatable bonds is 5. The lowest BCUT2D eigenvalue weighted by Gasteiger charge is -2.50. The number of nitrogens with zero attached hydrogens (tertiary/aromatic N) is 2. The Kier molecular flexibility index (Phi) is 5.78. The van der Waals surface area contributed by atoms with Crippen LogP contribution in [0.4, 0.5) is 0 Å². The van der Waals surface area contributed by atoms with Crippen molar-refractivity contribution in [3.8, 4) is 0 Å². The molecule has 2 amide bonds. The molecule has 0 N–H and O–H groups in total. The van der Waals surface area contributed by atoms with Gasteiger partial charge in [0, 0.05) is 30.2 Å². The number of carbonyl (C=O) groups is 2. The van der Waals surface area contributed by atoms with Gasteiger partial charge in [-0.1, -0.05) is 47.5 Å². The third-order valence-electron chi connectivity index (χ3n) is 5.10. The average Bonchev–Trinajstić information content (AvgIpc) is 2.61. The molecule has 4 nitrogen and oxygen atoms in total. The van der Waals surface area contributed by atoms with E-state index in [1.807, 2.05) is 31.2 Å². The zero-order valence-corrected chi connectivity index (χ0v) is 16.9. The van der Waals surface area contributed by atoms with E-state index in [0.717, 1.165) is 11.1 Å². The van der Waals surface area contributed by atoms with Crippen molar-refractivity contribution in [2.24, 2.45) is 0 Å². The van der Waals surface area contributed by atoms with Crippen LogP contribution in [0, 0.1) is 0 Å². The highest BCUT2D eigenvalue weighted by Crippen LogP contribution is 2.33. The van der Waals surface area contributed by atoms with Gasteiger partial charge in [-0.25, -0.2) is 0 Å². The van der Waals surface area contributed by atoms with Crippen LogP contribution in [0.5, 0.6) is 0 Å². The fraction of sp³-hybridized carbons (Fsp3) is 0.333. The molecule has 0 bridgehead atoms. The Balaban J connectivity index is 1.66. The Morgan fingerprint density at radius 3 is 2.37 bits per heavy atom. The second kappa shape index (κ2) is 7.91. The van der Waals surface area contributed by atoms with Crippen LogP contribution in [0.25, 0.3) is 0 Å². The van der Waals surface area contributed by atoms with Gasteiger partial charge in [0.2, 0.25) is 11.8 Å². The molecule has 0 spiro atoms. The van der Waals surface area contributed by atoms with Gasteiger partial charge in [0.05, 0.1) is 6.42 Å². The molecule has 1 heterocycles. The van der Waals surface area contributed by atoms with E-state index in [1.165, 1.54) is 0 Å². The van der Waals surface area contributed by atoms with Crippen LogP contribution < -0.4 is 0 Å². The zero-order chi connectivity index (χ0) is 19.6. The summed E-state index contributed by atoms with van der Waals surface area (Å²) in [5.41, 5.74) is 1.05. The van der Waals surface area contributed by atoms with E-state index in [0.29, 0.717) is 29.6 Å². The molecule has 0 saturated carbocycles. The second-order valence-corrected chi connectivity index (χ2v) is 8.04. The highest BCUT2D eigenvalue weighted by Gasteiger charge is 2.50. The Hall–Kier alpha value is -2.04. The van der Waals surface area contributed by atoms with Crippen molar-refractivity contribution in [2.45, 2.75) is 31.8 Å².